The zero-order valence-corrected chi connectivity index (χ0v) is 19.5. The van der Waals surface area contributed by atoms with Crippen LogP contribution in [-0.2, 0) is 14.8 Å². The average Bonchev–Trinajstić information content (AvgIpc) is 3.21. The van der Waals surface area contributed by atoms with Gasteiger partial charge in [0.1, 0.15) is 11.3 Å². The van der Waals surface area contributed by atoms with Crippen molar-refractivity contribution in [3.63, 3.8) is 0 Å². The van der Waals surface area contributed by atoms with Gasteiger partial charge >= 0.3 is 0 Å². The molecule has 1 fully saturated rings. The Labute approximate surface area is 188 Å². The Kier molecular flexibility index (Phi) is 6.11. The Hall–Kier alpha value is -2.68. The molecule has 7 nitrogen and oxygen atoms in total. The van der Waals surface area contributed by atoms with Gasteiger partial charge in [0.05, 0.1) is 23.1 Å². The number of ether oxygens (including phenoxy) is 1. The van der Waals surface area contributed by atoms with E-state index in [0.717, 1.165) is 11.0 Å². The Morgan fingerprint density at radius 2 is 1.69 bits per heavy atom. The molecule has 3 aromatic rings. The molecule has 2 aromatic carbocycles. The number of carbonyl (C=O) groups is 1. The minimum absolute atomic E-state index is 0.164. The van der Waals surface area contributed by atoms with Gasteiger partial charge in [0, 0.05) is 31.1 Å². The molecule has 0 radical (unpaired) electrons. The molecule has 2 heterocycles. The second kappa shape index (κ2) is 8.69. The van der Waals surface area contributed by atoms with Crippen LogP contribution < -0.4 is 0 Å². The summed E-state index contributed by atoms with van der Waals surface area (Å²) < 4.78 is 39.0. The second-order valence-corrected chi connectivity index (χ2v) is 10.3. The number of fused-ring (bicyclic) bond motifs is 1. The predicted octanol–water partition coefficient (Wildman–Crippen LogP) is 4.06. The summed E-state index contributed by atoms with van der Waals surface area (Å²) in [5.41, 5.74) is 1.19. The highest BCUT2D eigenvalue weighted by atomic mass is 32.2. The molecule has 0 aliphatic carbocycles. The quantitative estimate of drug-likeness (QED) is 0.578. The van der Waals surface area contributed by atoms with Gasteiger partial charge in [-0.15, -0.1) is 0 Å². The summed E-state index contributed by atoms with van der Waals surface area (Å²) in [5.74, 6) is 0.479. The van der Waals surface area contributed by atoms with Gasteiger partial charge in [-0.2, -0.15) is 4.31 Å². The fourth-order valence-corrected chi connectivity index (χ4v) is 5.61. The highest BCUT2D eigenvalue weighted by molar-refractivity contribution is 7.89. The summed E-state index contributed by atoms with van der Waals surface area (Å²) in [6, 6.07) is 15.5. The maximum absolute atomic E-state index is 13.0. The minimum atomic E-state index is -3.65. The van der Waals surface area contributed by atoms with Crippen LogP contribution in [0.25, 0.3) is 11.0 Å². The van der Waals surface area contributed by atoms with Crippen molar-refractivity contribution < 1.29 is 22.4 Å². The van der Waals surface area contributed by atoms with E-state index in [4.69, 9.17) is 9.15 Å². The number of hydrogen-bond donors (Lipinski definition) is 0. The van der Waals surface area contributed by atoms with Crippen LogP contribution in [0.4, 0.5) is 0 Å². The summed E-state index contributed by atoms with van der Waals surface area (Å²) >= 11 is 0. The number of carbonyl (C=O) groups excluding carboxylic acids is 1. The van der Waals surface area contributed by atoms with E-state index in [-0.39, 0.29) is 29.1 Å². The number of rotatable bonds is 5. The SMILES string of the molecule is CC1CN(S(=O)(=O)c2ccc(C(=O)N(C)C(C)c3cc4ccccc4o3)cc2)CC(C)O1. The standard InChI is InChI=1S/C24H28N2O5S/c1-16-14-26(15-17(2)30-16)32(28,29)21-11-9-19(10-12-21)24(27)25(4)18(3)23-13-20-7-5-6-8-22(20)31-23/h5-13,16-18H,14-15H2,1-4H3. The third-order valence-electron chi connectivity index (χ3n) is 5.88. The van der Waals surface area contributed by atoms with E-state index in [0.29, 0.717) is 24.4 Å². The van der Waals surface area contributed by atoms with Crippen LogP contribution >= 0.6 is 0 Å². The van der Waals surface area contributed by atoms with E-state index in [1.54, 1.807) is 24.1 Å². The van der Waals surface area contributed by atoms with Crippen molar-refractivity contribution in [2.45, 2.75) is 43.9 Å². The molecule has 0 N–H and O–H groups in total. The second-order valence-electron chi connectivity index (χ2n) is 8.38. The molecule has 3 unspecified atom stereocenters. The number of benzene rings is 2. The first-order chi connectivity index (χ1) is 15.2. The van der Waals surface area contributed by atoms with Crippen molar-refractivity contribution in [3.05, 3.63) is 65.9 Å². The molecule has 1 saturated heterocycles. The first-order valence-corrected chi connectivity index (χ1v) is 12.1. The summed E-state index contributed by atoms with van der Waals surface area (Å²) in [6.07, 6.45) is -0.328. The molecule has 1 aromatic heterocycles. The number of hydrogen-bond acceptors (Lipinski definition) is 5. The van der Waals surface area contributed by atoms with E-state index in [2.05, 4.69) is 0 Å². The highest BCUT2D eigenvalue weighted by Crippen LogP contribution is 2.28. The van der Waals surface area contributed by atoms with Crippen molar-refractivity contribution in [3.8, 4) is 0 Å². The fraction of sp³-hybridized carbons (Fsp3) is 0.375. The third-order valence-corrected chi connectivity index (χ3v) is 7.73. The molecule has 1 aliphatic rings. The maximum Gasteiger partial charge on any atom is 0.254 e. The summed E-state index contributed by atoms with van der Waals surface area (Å²) in [5, 5.41) is 0.983. The van der Waals surface area contributed by atoms with Crippen LogP contribution in [0, 0.1) is 0 Å². The molecule has 170 valence electrons. The number of furan rings is 1. The molecule has 0 saturated carbocycles. The predicted molar refractivity (Wildman–Crippen MR) is 122 cm³/mol. The smallest absolute Gasteiger partial charge is 0.254 e. The van der Waals surface area contributed by atoms with Gasteiger partial charge in [-0.05, 0) is 57.2 Å². The lowest BCUT2D eigenvalue weighted by molar-refractivity contribution is -0.0440. The summed E-state index contributed by atoms with van der Waals surface area (Å²) in [4.78, 5) is 14.8. The van der Waals surface area contributed by atoms with Crippen LogP contribution in [0.5, 0.6) is 0 Å². The molecule has 0 bridgehead atoms. The molecule has 3 atom stereocenters. The Morgan fingerprint density at radius 3 is 2.31 bits per heavy atom. The zero-order chi connectivity index (χ0) is 23.0. The van der Waals surface area contributed by atoms with E-state index in [1.807, 2.05) is 51.1 Å². The first-order valence-electron chi connectivity index (χ1n) is 10.7. The number of nitrogens with zero attached hydrogens (tertiary/aromatic N) is 2. The first kappa shape index (κ1) is 22.5. The Bertz CT molecular complexity index is 1180. The van der Waals surface area contributed by atoms with Crippen molar-refractivity contribution in [1.29, 1.82) is 0 Å². The third kappa shape index (κ3) is 4.30. The van der Waals surface area contributed by atoms with Crippen LogP contribution in [0.15, 0.2) is 63.9 Å². The van der Waals surface area contributed by atoms with Gasteiger partial charge in [0.25, 0.3) is 5.91 Å². The minimum Gasteiger partial charge on any atom is -0.459 e. The molecule has 32 heavy (non-hydrogen) atoms. The highest BCUT2D eigenvalue weighted by Gasteiger charge is 2.32. The lowest BCUT2D eigenvalue weighted by atomic mass is 10.1. The summed E-state index contributed by atoms with van der Waals surface area (Å²) in [6.45, 7) is 6.24. The Morgan fingerprint density at radius 1 is 1.06 bits per heavy atom. The van der Waals surface area contributed by atoms with Gasteiger partial charge in [-0.25, -0.2) is 8.42 Å². The van der Waals surface area contributed by atoms with Gasteiger partial charge < -0.3 is 14.1 Å². The fourth-order valence-electron chi connectivity index (χ4n) is 4.02. The van der Waals surface area contributed by atoms with Crippen molar-refractivity contribution >= 4 is 26.9 Å². The van der Waals surface area contributed by atoms with Gasteiger partial charge in [-0.1, -0.05) is 18.2 Å². The average molecular weight is 457 g/mol. The lowest BCUT2D eigenvalue weighted by Crippen LogP contribution is -2.48. The normalized spacial score (nSPS) is 20.9. The van der Waals surface area contributed by atoms with Crippen LogP contribution in [0.3, 0.4) is 0 Å². The van der Waals surface area contributed by atoms with Gasteiger partial charge in [0.15, 0.2) is 0 Å². The molecule has 1 amide bonds. The molecule has 0 spiro atoms. The van der Waals surface area contributed by atoms with E-state index < -0.39 is 10.0 Å². The van der Waals surface area contributed by atoms with Crippen LogP contribution in [0.1, 0.15) is 42.9 Å². The van der Waals surface area contributed by atoms with Crippen molar-refractivity contribution in [2.75, 3.05) is 20.1 Å². The number of morpholine rings is 1. The topological polar surface area (TPSA) is 80.1 Å². The summed E-state index contributed by atoms with van der Waals surface area (Å²) in [7, 11) is -1.94. The molecular formula is C24H28N2O5S. The number of amides is 1. The largest absolute Gasteiger partial charge is 0.459 e. The monoisotopic (exact) mass is 456 g/mol. The van der Waals surface area contributed by atoms with E-state index in [9.17, 15) is 13.2 Å². The van der Waals surface area contributed by atoms with Crippen LogP contribution in [0.2, 0.25) is 0 Å². The molecule has 8 heteroatoms. The zero-order valence-electron chi connectivity index (χ0n) is 18.7. The van der Waals surface area contributed by atoms with Gasteiger partial charge in [0.2, 0.25) is 10.0 Å². The maximum atomic E-state index is 13.0. The molecule has 4 rings (SSSR count). The van der Waals surface area contributed by atoms with Crippen LogP contribution in [-0.4, -0.2) is 55.9 Å². The van der Waals surface area contributed by atoms with Crippen molar-refractivity contribution in [2.24, 2.45) is 0 Å². The van der Waals surface area contributed by atoms with Crippen molar-refractivity contribution in [1.82, 2.24) is 9.21 Å². The lowest BCUT2D eigenvalue weighted by Gasteiger charge is -2.34. The molecule has 1 aliphatic heterocycles. The molecular weight excluding hydrogens is 428 g/mol. The van der Waals surface area contributed by atoms with Gasteiger partial charge in [-0.3, -0.25) is 4.79 Å². The number of sulfonamides is 1. The van der Waals surface area contributed by atoms with E-state index in [1.165, 1.54) is 16.4 Å². The Balaban J connectivity index is 1.51. The number of para-hydroxylation sites is 1. The van der Waals surface area contributed by atoms with E-state index >= 15 is 0 Å².